The molecule has 3 aromatic carbocycles. The molecular formula is C32H31ClN4O5S. The lowest BCUT2D eigenvalue weighted by Crippen LogP contribution is -2.35. The van der Waals surface area contributed by atoms with Gasteiger partial charge in [0.05, 0.1) is 24.8 Å². The van der Waals surface area contributed by atoms with Gasteiger partial charge in [-0.3, -0.25) is 10.2 Å². The van der Waals surface area contributed by atoms with Crippen molar-refractivity contribution in [2.75, 3.05) is 27.4 Å². The topological polar surface area (TPSA) is 106 Å². The summed E-state index contributed by atoms with van der Waals surface area (Å²) in [4.78, 5) is 17.2. The molecule has 11 heteroatoms. The quantitative estimate of drug-likeness (QED) is 0.182. The van der Waals surface area contributed by atoms with Crippen molar-refractivity contribution in [3.63, 3.8) is 0 Å². The van der Waals surface area contributed by atoms with Crippen LogP contribution >= 0.6 is 23.4 Å². The molecule has 0 spiro atoms. The van der Waals surface area contributed by atoms with Crippen LogP contribution in [0, 0.1) is 5.41 Å². The van der Waals surface area contributed by atoms with Crippen molar-refractivity contribution in [2.45, 2.75) is 26.2 Å². The zero-order chi connectivity index (χ0) is 30.5. The van der Waals surface area contributed by atoms with Crippen molar-refractivity contribution in [3.8, 4) is 23.0 Å². The van der Waals surface area contributed by atoms with Gasteiger partial charge in [0, 0.05) is 5.56 Å². The second-order valence-corrected chi connectivity index (χ2v) is 11.1. The van der Waals surface area contributed by atoms with Gasteiger partial charge < -0.3 is 18.9 Å². The van der Waals surface area contributed by atoms with Crippen molar-refractivity contribution < 1.29 is 23.7 Å². The number of amides is 1. The van der Waals surface area contributed by atoms with Crippen molar-refractivity contribution >= 4 is 51.4 Å². The number of rotatable bonds is 11. The lowest BCUT2D eigenvalue weighted by atomic mass is 9.99. The minimum absolute atomic E-state index is 0.0685. The van der Waals surface area contributed by atoms with Gasteiger partial charge in [0.2, 0.25) is 10.9 Å². The summed E-state index contributed by atoms with van der Waals surface area (Å²) in [7, 11) is 3.04. The fourth-order valence-electron chi connectivity index (χ4n) is 4.46. The molecule has 2 heterocycles. The summed E-state index contributed by atoms with van der Waals surface area (Å²) < 4.78 is 23.0. The Morgan fingerprint density at radius 1 is 1.02 bits per heavy atom. The molecule has 3 aromatic rings. The number of halogens is 1. The lowest BCUT2D eigenvalue weighted by Gasteiger charge is -2.20. The highest BCUT2D eigenvalue weighted by Crippen LogP contribution is 2.40. The Bertz CT molecular complexity index is 1610. The second kappa shape index (κ2) is 13.4. The van der Waals surface area contributed by atoms with Gasteiger partial charge in [-0.1, -0.05) is 55.8 Å². The fraction of sp³-hybridized carbons (Fsp3) is 0.250. The van der Waals surface area contributed by atoms with Crippen LogP contribution in [0.25, 0.3) is 6.08 Å². The van der Waals surface area contributed by atoms with E-state index in [-0.39, 0.29) is 18.0 Å². The molecule has 5 rings (SSSR count). The molecule has 9 nitrogen and oxygen atoms in total. The molecule has 43 heavy (non-hydrogen) atoms. The van der Waals surface area contributed by atoms with Crippen LogP contribution < -0.4 is 18.9 Å². The zero-order valence-electron chi connectivity index (χ0n) is 24.2. The third kappa shape index (κ3) is 6.55. The first kappa shape index (κ1) is 30.2. The molecule has 222 valence electrons. The van der Waals surface area contributed by atoms with Gasteiger partial charge in [-0.15, -0.1) is 0 Å². The van der Waals surface area contributed by atoms with Crippen LogP contribution in [0.15, 0.2) is 76.3 Å². The van der Waals surface area contributed by atoms with E-state index in [1.54, 1.807) is 24.3 Å². The molecule has 2 aliphatic rings. The van der Waals surface area contributed by atoms with E-state index in [1.165, 1.54) is 36.6 Å². The monoisotopic (exact) mass is 618 g/mol. The highest BCUT2D eigenvalue weighted by molar-refractivity contribution is 8.27. The fourth-order valence-corrected chi connectivity index (χ4v) is 5.67. The molecule has 0 radical (unpaired) electrons. The summed E-state index contributed by atoms with van der Waals surface area (Å²) in [6.07, 6.45) is 2.64. The maximum Gasteiger partial charge on any atom is 0.283 e. The number of carbonyl (C=O) groups is 1. The SMILES string of the molecule is CC[C@H](C)c1ccc(OCCOc2c(OC)cc(/C=C3\C(=N)N4N=C(c5ccccc5Cl)SC4=NC3=O)cc2OC)cc1. The number of aliphatic imine (C=N–C) groups is 1. The van der Waals surface area contributed by atoms with Crippen LogP contribution in [0.5, 0.6) is 23.0 Å². The number of fused-ring (bicyclic) bond motifs is 1. The van der Waals surface area contributed by atoms with Gasteiger partial charge in [0.1, 0.15) is 24.0 Å². The zero-order valence-corrected chi connectivity index (χ0v) is 25.8. The van der Waals surface area contributed by atoms with E-state index in [0.717, 1.165) is 12.2 Å². The number of thioether (sulfide) groups is 1. The van der Waals surface area contributed by atoms with E-state index >= 15 is 0 Å². The highest BCUT2D eigenvalue weighted by Gasteiger charge is 2.36. The van der Waals surface area contributed by atoms with E-state index in [9.17, 15) is 4.79 Å². The average Bonchev–Trinajstić information content (AvgIpc) is 3.45. The first-order valence-corrected chi connectivity index (χ1v) is 14.9. The molecule has 0 aromatic heterocycles. The Balaban J connectivity index is 1.30. The summed E-state index contributed by atoms with van der Waals surface area (Å²) >= 11 is 7.52. The Hall–Kier alpha value is -4.28. The van der Waals surface area contributed by atoms with Crippen molar-refractivity contribution in [3.05, 3.63) is 87.9 Å². The number of carbonyl (C=O) groups excluding carboxylic acids is 1. The molecule has 0 saturated heterocycles. The molecular weight excluding hydrogens is 588 g/mol. The van der Waals surface area contributed by atoms with Gasteiger partial charge in [0.25, 0.3) is 5.91 Å². The predicted molar refractivity (Wildman–Crippen MR) is 171 cm³/mol. The molecule has 0 unspecified atom stereocenters. The van der Waals surface area contributed by atoms with Crippen molar-refractivity contribution in [1.29, 1.82) is 5.41 Å². The summed E-state index contributed by atoms with van der Waals surface area (Å²) in [6, 6.07) is 18.8. The number of nitrogens with one attached hydrogen (secondary N) is 1. The van der Waals surface area contributed by atoms with Crippen LogP contribution in [0.3, 0.4) is 0 Å². The van der Waals surface area contributed by atoms with Crippen LogP contribution in [-0.4, -0.2) is 54.4 Å². The molecule has 1 amide bonds. The standard InChI is InChI=1S/C32H31ClN4O5S/c1-5-19(2)21-10-12-22(13-11-21)41-14-15-42-28-26(39-3)17-20(18-27(28)40-4)16-24-29(34)37-32(35-30(24)38)43-31(36-37)23-8-6-7-9-25(23)33/h6-13,16-19,34H,5,14-15H2,1-4H3/b24-16+,34-29?/t19-/m0/s1. The number of amidine groups is 2. The molecule has 0 bridgehead atoms. The highest BCUT2D eigenvalue weighted by atomic mass is 35.5. The van der Waals surface area contributed by atoms with Crippen molar-refractivity contribution in [1.82, 2.24) is 5.01 Å². The number of methoxy groups -OCH3 is 2. The normalized spacial score (nSPS) is 16.0. The number of benzene rings is 3. The molecule has 1 N–H and O–H groups in total. The Morgan fingerprint density at radius 3 is 2.35 bits per heavy atom. The minimum atomic E-state index is -0.549. The number of hydrazone groups is 1. The molecule has 0 saturated carbocycles. The van der Waals surface area contributed by atoms with Gasteiger partial charge in [-0.05, 0) is 71.6 Å². The second-order valence-electron chi connectivity index (χ2n) is 9.73. The summed E-state index contributed by atoms with van der Waals surface area (Å²) in [6.45, 7) is 4.94. The third-order valence-electron chi connectivity index (χ3n) is 7.01. The minimum Gasteiger partial charge on any atom is -0.493 e. The molecule has 0 aliphatic carbocycles. The Morgan fingerprint density at radius 2 is 1.70 bits per heavy atom. The molecule has 1 atom stereocenters. The van der Waals surface area contributed by atoms with Crippen LogP contribution in [0.4, 0.5) is 0 Å². The Labute approximate surface area is 259 Å². The number of hydrogen-bond acceptors (Lipinski definition) is 8. The van der Waals surface area contributed by atoms with Crippen LogP contribution in [0.2, 0.25) is 5.02 Å². The van der Waals surface area contributed by atoms with E-state index in [0.29, 0.717) is 56.1 Å². The first-order chi connectivity index (χ1) is 20.8. The summed E-state index contributed by atoms with van der Waals surface area (Å²) in [5.74, 6) is 1.82. The number of ether oxygens (including phenoxy) is 4. The van der Waals surface area contributed by atoms with Gasteiger partial charge >= 0.3 is 0 Å². The molecule has 0 fully saturated rings. The maximum absolute atomic E-state index is 13.0. The van der Waals surface area contributed by atoms with Gasteiger partial charge in [-0.2, -0.15) is 15.1 Å². The van der Waals surface area contributed by atoms with Gasteiger partial charge in [-0.25, -0.2) is 0 Å². The predicted octanol–water partition coefficient (Wildman–Crippen LogP) is 7.00. The first-order valence-electron chi connectivity index (χ1n) is 13.7. The van der Waals surface area contributed by atoms with Gasteiger partial charge in [0.15, 0.2) is 17.3 Å². The third-order valence-corrected chi connectivity index (χ3v) is 8.28. The number of hydrogen-bond donors (Lipinski definition) is 1. The maximum atomic E-state index is 13.0. The summed E-state index contributed by atoms with van der Waals surface area (Å²) in [5.41, 5.74) is 2.61. The lowest BCUT2D eigenvalue weighted by molar-refractivity contribution is -0.114. The Kier molecular flexibility index (Phi) is 9.37. The average molecular weight is 619 g/mol. The van der Waals surface area contributed by atoms with E-state index in [1.807, 2.05) is 30.3 Å². The number of nitrogens with zero attached hydrogens (tertiary/aromatic N) is 3. The largest absolute Gasteiger partial charge is 0.493 e. The van der Waals surface area contributed by atoms with Crippen molar-refractivity contribution in [2.24, 2.45) is 10.1 Å². The summed E-state index contributed by atoms with van der Waals surface area (Å²) in [5, 5.41) is 15.9. The van der Waals surface area contributed by atoms with E-state index < -0.39 is 5.91 Å². The van der Waals surface area contributed by atoms with Crippen LogP contribution in [-0.2, 0) is 4.79 Å². The van der Waals surface area contributed by atoms with E-state index in [2.05, 4.69) is 36.1 Å². The van der Waals surface area contributed by atoms with E-state index in [4.69, 9.17) is 36.0 Å². The smallest absolute Gasteiger partial charge is 0.283 e. The molecule has 2 aliphatic heterocycles. The van der Waals surface area contributed by atoms with Crippen LogP contribution in [0.1, 0.15) is 42.9 Å².